The molecule has 0 bridgehead atoms. The van der Waals surface area contributed by atoms with Crippen LogP contribution in [0.3, 0.4) is 0 Å². The van der Waals surface area contributed by atoms with Gasteiger partial charge in [-0.15, -0.1) is 5.10 Å². The fraction of sp³-hybridized carbons (Fsp3) is 0.0500. The highest BCUT2D eigenvalue weighted by atomic mass is 35.5. The zero-order valence-corrected chi connectivity index (χ0v) is 15.2. The molecule has 8 heteroatoms. The minimum atomic E-state index is -0.852. The van der Waals surface area contributed by atoms with Gasteiger partial charge in [-0.1, -0.05) is 23.7 Å². The van der Waals surface area contributed by atoms with Gasteiger partial charge in [0, 0.05) is 17.2 Å². The maximum Gasteiger partial charge on any atom is 0.281 e. The molecule has 0 aliphatic rings. The molecule has 0 amide bonds. The summed E-state index contributed by atoms with van der Waals surface area (Å²) in [7, 11) is 0. The number of rotatable bonds is 3. The number of halogens is 3. The lowest BCUT2D eigenvalue weighted by atomic mass is 10.0. The number of benzene rings is 2. The van der Waals surface area contributed by atoms with Gasteiger partial charge in [0.1, 0.15) is 12.1 Å². The summed E-state index contributed by atoms with van der Waals surface area (Å²) < 4.78 is 33.6. The Morgan fingerprint density at radius 2 is 1.89 bits per heavy atom. The first-order chi connectivity index (χ1) is 13.4. The van der Waals surface area contributed by atoms with E-state index in [1.807, 2.05) is 13.0 Å². The van der Waals surface area contributed by atoms with E-state index < -0.39 is 17.2 Å². The predicted molar refractivity (Wildman–Crippen MR) is 101 cm³/mol. The van der Waals surface area contributed by atoms with Gasteiger partial charge in [0.15, 0.2) is 11.6 Å². The molecule has 4 aromatic rings. The zero-order valence-electron chi connectivity index (χ0n) is 14.5. The van der Waals surface area contributed by atoms with Gasteiger partial charge in [-0.2, -0.15) is 4.98 Å². The molecule has 0 aliphatic heterocycles. The van der Waals surface area contributed by atoms with Gasteiger partial charge in [0.25, 0.3) is 5.56 Å². The fourth-order valence-electron chi connectivity index (χ4n) is 2.73. The number of hydrogen-bond acceptors (Lipinski definition) is 4. The third-order valence-corrected chi connectivity index (χ3v) is 4.57. The predicted octanol–water partition coefficient (Wildman–Crippen LogP) is 4.79. The van der Waals surface area contributed by atoms with Crippen molar-refractivity contribution in [2.45, 2.75) is 6.92 Å². The molecule has 0 N–H and O–H groups in total. The Morgan fingerprint density at radius 3 is 2.64 bits per heavy atom. The molecule has 0 unspecified atom stereocenters. The van der Waals surface area contributed by atoms with Crippen molar-refractivity contribution in [1.29, 1.82) is 0 Å². The molecular formula is C20H12ClF2N3O2. The van der Waals surface area contributed by atoms with E-state index in [0.717, 1.165) is 11.6 Å². The van der Waals surface area contributed by atoms with Gasteiger partial charge in [-0.05, 0) is 42.3 Å². The largest absolute Gasteiger partial charge is 0.434 e. The Balaban J connectivity index is 1.80. The lowest BCUT2D eigenvalue weighted by molar-refractivity contribution is 0.416. The van der Waals surface area contributed by atoms with Gasteiger partial charge >= 0.3 is 0 Å². The zero-order chi connectivity index (χ0) is 19.8. The van der Waals surface area contributed by atoms with E-state index in [1.165, 1.54) is 23.0 Å². The summed E-state index contributed by atoms with van der Waals surface area (Å²) in [5.41, 5.74) is 1.86. The highest BCUT2D eigenvalue weighted by Gasteiger charge is 2.13. The van der Waals surface area contributed by atoms with Crippen LogP contribution in [0.15, 0.2) is 59.7 Å². The van der Waals surface area contributed by atoms with Crippen LogP contribution in [-0.4, -0.2) is 14.6 Å². The van der Waals surface area contributed by atoms with Crippen molar-refractivity contribution < 1.29 is 13.5 Å². The van der Waals surface area contributed by atoms with Crippen molar-refractivity contribution in [2.75, 3.05) is 0 Å². The van der Waals surface area contributed by atoms with Crippen LogP contribution in [0.25, 0.3) is 16.6 Å². The van der Waals surface area contributed by atoms with E-state index >= 15 is 0 Å². The second kappa shape index (κ2) is 7.01. The summed E-state index contributed by atoms with van der Waals surface area (Å²) in [5.74, 6) is -1.68. The first-order valence-electron chi connectivity index (χ1n) is 8.20. The van der Waals surface area contributed by atoms with E-state index in [9.17, 15) is 13.6 Å². The molecule has 28 heavy (non-hydrogen) atoms. The Labute approximate surface area is 162 Å². The van der Waals surface area contributed by atoms with Gasteiger partial charge in [-0.3, -0.25) is 4.79 Å². The molecule has 140 valence electrons. The lowest BCUT2D eigenvalue weighted by Gasteiger charge is -2.10. The highest BCUT2D eigenvalue weighted by Crippen LogP contribution is 2.28. The summed E-state index contributed by atoms with van der Waals surface area (Å²) in [5, 5.41) is 4.73. The molecule has 0 radical (unpaired) electrons. The topological polar surface area (TPSA) is 56.5 Å². The van der Waals surface area contributed by atoms with E-state index in [4.69, 9.17) is 16.3 Å². The van der Waals surface area contributed by atoms with E-state index in [2.05, 4.69) is 10.1 Å². The van der Waals surface area contributed by atoms with Crippen LogP contribution in [0.1, 0.15) is 5.56 Å². The monoisotopic (exact) mass is 399 g/mol. The van der Waals surface area contributed by atoms with Crippen molar-refractivity contribution in [3.63, 3.8) is 0 Å². The summed E-state index contributed by atoms with van der Waals surface area (Å²) in [4.78, 5) is 16.2. The quantitative estimate of drug-likeness (QED) is 0.497. The normalized spacial score (nSPS) is 11.0. The smallest absolute Gasteiger partial charge is 0.281 e. The number of nitrogens with zero attached hydrogens (tertiary/aromatic N) is 3. The fourth-order valence-corrected chi connectivity index (χ4v) is 2.91. The molecular weight excluding hydrogens is 388 g/mol. The summed E-state index contributed by atoms with van der Waals surface area (Å²) in [6, 6.07) is 11.3. The van der Waals surface area contributed by atoms with Crippen molar-refractivity contribution in [3.8, 4) is 22.8 Å². The van der Waals surface area contributed by atoms with E-state index in [0.29, 0.717) is 27.7 Å². The molecule has 4 rings (SSSR count). The molecule has 2 heterocycles. The molecule has 0 spiro atoms. The van der Waals surface area contributed by atoms with Crippen LogP contribution in [0.2, 0.25) is 5.02 Å². The van der Waals surface area contributed by atoms with Gasteiger partial charge in [-0.25, -0.2) is 13.3 Å². The van der Waals surface area contributed by atoms with E-state index in [1.54, 1.807) is 18.2 Å². The van der Waals surface area contributed by atoms with Gasteiger partial charge < -0.3 is 4.74 Å². The number of aryl methyl sites for hydroxylation is 1. The number of ether oxygens (including phenoxy) is 1. The van der Waals surface area contributed by atoms with Crippen LogP contribution >= 0.6 is 11.6 Å². The molecule has 2 aromatic carbocycles. The third-order valence-electron chi connectivity index (χ3n) is 4.16. The summed E-state index contributed by atoms with van der Waals surface area (Å²) >= 11 is 6.18. The standard InChI is InChI=1S/C20H12ClF2N3O2/c1-11-2-3-12(8-14(11)21)19-16-5-7-18(25-26(16)10-24-20(19)27)28-17-6-4-13(22)9-15(17)23/h2-10H,1H3. The Bertz CT molecular complexity index is 1270. The number of fused-ring (bicyclic) bond motifs is 1. The lowest BCUT2D eigenvalue weighted by Crippen LogP contribution is -2.13. The average Bonchev–Trinajstić information content (AvgIpc) is 2.66. The first kappa shape index (κ1) is 18.1. The molecule has 0 saturated heterocycles. The van der Waals surface area contributed by atoms with Crippen LogP contribution in [-0.2, 0) is 0 Å². The second-order valence-corrected chi connectivity index (χ2v) is 6.47. The van der Waals surface area contributed by atoms with Gasteiger partial charge in [0.2, 0.25) is 5.88 Å². The number of hydrogen-bond donors (Lipinski definition) is 0. The van der Waals surface area contributed by atoms with Crippen LogP contribution < -0.4 is 10.3 Å². The minimum absolute atomic E-state index is 0.0522. The van der Waals surface area contributed by atoms with Gasteiger partial charge in [0.05, 0.1) is 11.1 Å². The maximum absolute atomic E-state index is 13.8. The molecule has 2 aromatic heterocycles. The highest BCUT2D eigenvalue weighted by molar-refractivity contribution is 6.31. The minimum Gasteiger partial charge on any atom is -0.434 e. The van der Waals surface area contributed by atoms with Crippen LogP contribution in [0, 0.1) is 18.6 Å². The average molecular weight is 400 g/mol. The molecule has 0 saturated carbocycles. The molecule has 0 aliphatic carbocycles. The Morgan fingerprint density at radius 1 is 1.07 bits per heavy atom. The SMILES string of the molecule is Cc1ccc(-c2c(=O)ncn3nc(Oc4ccc(F)cc4F)ccc23)cc1Cl. The van der Waals surface area contributed by atoms with Crippen molar-refractivity contribution in [3.05, 3.63) is 87.4 Å². The summed E-state index contributed by atoms with van der Waals surface area (Å²) in [6.07, 6.45) is 1.24. The molecule has 5 nitrogen and oxygen atoms in total. The third kappa shape index (κ3) is 3.32. The van der Waals surface area contributed by atoms with Crippen molar-refractivity contribution in [2.24, 2.45) is 0 Å². The number of aromatic nitrogens is 3. The second-order valence-electron chi connectivity index (χ2n) is 6.07. The summed E-state index contributed by atoms with van der Waals surface area (Å²) in [6.45, 7) is 1.86. The van der Waals surface area contributed by atoms with Crippen LogP contribution in [0.5, 0.6) is 11.6 Å². The van der Waals surface area contributed by atoms with E-state index in [-0.39, 0.29) is 11.6 Å². The molecule has 0 fully saturated rings. The van der Waals surface area contributed by atoms with Crippen LogP contribution in [0.4, 0.5) is 8.78 Å². The van der Waals surface area contributed by atoms with Crippen molar-refractivity contribution in [1.82, 2.24) is 14.6 Å². The Hall–Kier alpha value is -3.32. The first-order valence-corrected chi connectivity index (χ1v) is 8.58. The molecule has 0 atom stereocenters. The van der Waals surface area contributed by atoms with Crippen molar-refractivity contribution >= 4 is 17.1 Å². The maximum atomic E-state index is 13.8. The Kier molecular flexibility index (Phi) is 4.52.